The van der Waals surface area contributed by atoms with Crippen LogP contribution in [0.25, 0.3) is 0 Å². The molecule has 4 aromatic rings. The van der Waals surface area contributed by atoms with E-state index in [1.807, 2.05) is 48.5 Å². The molecular formula is C44H46O12S. The highest BCUT2D eigenvalue weighted by molar-refractivity contribution is 7.91. The van der Waals surface area contributed by atoms with Gasteiger partial charge in [-0.25, -0.2) is 18.0 Å². The van der Waals surface area contributed by atoms with E-state index >= 15 is 0 Å². The average Bonchev–Trinajstić information content (AvgIpc) is 3.22. The number of aryl methyl sites for hydroxylation is 2. The predicted octanol–water partition coefficient (Wildman–Crippen LogP) is 7.37. The van der Waals surface area contributed by atoms with Crippen LogP contribution in [0.3, 0.4) is 0 Å². The van der Waals surface area contributed by atoms with Gasteiger partial charge < -0.3 is 28.4 Å². The van der Waals surface area contributed by atoms with E-state index in [1.54, 1.807) is 0 Å². The highest BCUT2D eigenvalue weighted by Gasteiger charge is 2.19. The van der Waals surface area contributed by atoms with Crippen molar-refractivity contribution in [2.24, 2.45) is 0 Å². The van der Waals surface area contributed by atoms with Crippen LogP contribution in [-0.4, -0.2) is 58.7 Å². The van der Waals surface area contributed by atoms with Gasteiger partial charge in [0.25, 0.3) is 0 Å². The first-order valence-corrected chi connectivity index (χ1v) is 19.9. The molecule has 300 valence electrons. The minimum absolute atomic E-state index is 0.00782. The Bertz CT molecular complexity index is 1900. The molecule has 0 radical (unpaired) electrons. The van der Waals surface area contributed by atoms with Gasteiger partial charge in [0.05, 0.1) is 36.2 Å². The molecule has 0 spiro atoms. The second-order valence-corrected chi connectivity index (χ2v) is 14.5. The van der Waals surface area contributed by atoms with E-state index in [1.165, 1.54) is 48.5 Å². The van der Waals surface area contributed by atoms with Crippen LogP contribution in [0.4, 0.5) is 0 Å². The fourth-order valence-electron chi connectivity index (χ4n) is 5.12. The lowest BCUT2D eigenvalue weighted by molar-refractivity contribution is -0.138. The molecule has 13 heteroatoms. The Balaban J connectivity index is 1.14. The van der Waals surface area contributed by atoms with Gasteiger partial charge in [-0.3, -0.25) is 9.59 Å². The monoisotopic (exact) mass is 798 g/mol. The molecular weight excluding hydrogens is 753 g/mol. The number of sulfone groups is 1. The van der Waals surface area contributed by atoms with Crippen molar-refractivity contribution in [3.05, 3.63) is 133 Å². The average molecular weight is 799 g/mol. The van der Waals surface area contributed by atoms with Crippen molar-refractivity contribution in [3.63, 3.8) is 0 Å². The molecule has 0 atom stereocenters. The molecule has 0 saturated heterocycles. The highest BCUT2D eigenvalue weighted by atomic mass is 32.2. The van der Waals surface area contributed by atoms with E-state index in [0.717, 1.165) is 36.1 Å². The van der Waals surface area contributed by atoms with Crippen LogP contribution in [0.15, 0.2) is 132 Å². The Morgan fingerprint density at radius 2 is 0.807 bits per heavy atom. The standard InChI is InChI=1S/C44H46O12S/c1-3-41(45)53-31-7-5-29-51-35-15-9-33(10-16-35)13-27-43(47)55-37-19-23-39(24-20-37)57(49,50)40-25-21-38(22-26-40)56-44(48)28-14-34-11-17-36(18-12-34)52-30-6-8-32-54-42(46)4-2/h3-4,9-12,15-26H,1-2,5-8,13-14,27-32H2. The number of unbranched alkanes of at least 4 members (excludes halogenated alkanes) is 2. The first-order chi connectivity index (χ1) is 27.5. The summed E-state index contributed by atoms with van der Waals surface area (Å²) in [4.78, 5) is 47.1. The number of hydrogen-bond acceptors (Lipinski definition) is 12. The van der Waals surface area contributed by atoms with Gasteiger partial charge in [-0.15, -0.1) is 0 Å². The third kappa shape index (κ3) is 15.5. The lowest BCUT2D eigenvalue weighted by Crippen LogP contribution is -2.10. The van der Waals surface area contributed by atoms with Crippen LogP contribution in [0, 0.1) is 0 Å². The number of ether oxygens (including phenoxy) is 6. The smallest absolute Gasteiger partial charge is 0.330 e. The number of carbonyl (C=O) groups is 4. The number of esters is 4. The van der Waals surface area contributed by atoms with Crippen LogP contribution < -0.4 is 18.9 Å². The topological polar surface area (TPSA) is 158 Å². The molecule has 0 aliphatic rings. The molecule has 0 unspecified atom stereocenters. The van der Waals surface area contributed by atoms with Crippen LogP contribution in [-0.2, 0) is 51.3 Å². The van der Waals surface area contributed by atoms with Gasteiger partial charge in [0.2, 0.25) is 9.84 Å². The maximum absolute atomic E-state index is 13.3. The minimum Gasteiger partial charge on any atom is -0.494 e. The van der Waals surface area contributed by atoms with E-state index < -0.39 is 33.7 Å². The quantitative estimate of drug-likeness (QED) is 0.0300. The second-order valence-electron chi connectivity index (χ2n) is 12.5. The summed E-state index contributed by atoms with van der Waals surface area (Å²) < 4.78 is 58.6. The molecule has 0 aromatic heterocycles. The molecule has 0 aliphatic heterocycles. The van der Waals surface area contributed by atoms with Gasteiger partial charge in [-0.05, 0) is 122 Å². The maximum atomic E-state index is 13.3. The molecule has 4 aromatic carbocycles. The largest absolute Gasteiger partial charge is 0.494 e. The lowest BCUT2D eigenvalue weighted by atomic mass is 10.1. The summed E-state index contributed by atoms with van der Waals surface area (Å²) in [5.74, 6) is -0.0209. The molecule has 4 rings (SSSR count). The van der Waals surface area contributed by atoms with E-state index in [4.69, 9.17) is 28.4 Å². The molecule has 0 aliphatic carbocycles. The van der Waals surface area contributed by atoms with Crippen molar-refractivity contribution in [1.82, 2.24) is 0 Å². The molecule has 12 nitrogen and oxygen atoms in total. The van der Waals surface area contributed by atoms with Gasteiger partial charge in [0, 0.05) is 25.0 Å². The molecule has 0 bridgehead atoms. The molecule has 0 fully saturated rings. The molecule has 57 heavy (non-hydrogen) atoms. The van der Waals surface area contributed by atoms with E-state index in [-0.39, 0.29) is 34.1 Å². The Labute approximate surface area is 332 Å². The maximum Gasteiger partial charge on any atom is 0.330 e. The van der Waals surface area contributed by atoms with E-state index in [2.05, 4.69) is 13.2 Å². The Morgan fingerprint density at radius 3 is 1.16 bits per heavy atom. The van der Waals surface area contributed by atoms with Crippen LogP contribution in [0.5, 0.6) is 23.0 Å². The third-order valence-corrected chi connectivity index (χ3v) is 10.0. The first-order valence-electron chi connectivity index (χ1n) is 18.4. The van der Waals surface area contributed by atoms with Crippen molar-refractivity contribution in [3.8, 4) is 23.0 Å². The van der Waals surface area contributed by atoms with E-state index in [0.29, 0.717) is 63.6 Å². The van der Waals surface area contributed by atoms with Gasteiger partial charge in [-0.2, -0.15) is 0 Å². The number of rotatable bonds is 24. The van der Waals surface area contributed by atoms with E-state index in [9.17, 15) is 27.6 Å². The fraction of sp³-hybridized carbons (Fsp3) is 0.273. The van der Waals surface area contributed by atoms with Crippen molar-refractivity contribution >= 4 is 33.7 Å². The van der Waals surface area contributed by atoms with Gasteiger partial charge in [0.1, 0.15) is 23.0 Å². The predicted molar refractivity (Wildman–Crippen MR) is 211 cm³/mol. The summed E-state index contributed by atoms with van der Waals surface area (Å²) in [5, 5.41) is 0. The summed E-state index contributed by atoms with van der Waals surface area (Å²) >= 11 is 0. The Kier molecular flexibility index (Phi) is 17.6. The lowest BCUT2D eigenvalue weighted by Gasteiger charge is -2.09. The Hall–Kier alpha value is -6.21. The highest BCUT2D eigenvalue weighted by Crippen LogP contribution is 2.26. The summed E-state index contributed by atoms with van der Waals surface area (Å²) in [6.07, 6.45) is 6.15. The van der Waals surface area contributed by atoms with Crippen LogP contribution in [0.1, 0.15) is 49.7 Å². The van der Waals surface area contributed by atoms with Crippen LogP contribution >= 0.6 is 0 Å². The van der Waals surface area contributed by atoms with Crippen molar-refractivity contribution in [2.75, 3.05) is 26.4 Å². The van der Waals surface area contributed by atoms with Gasteiger partial charge in [0.15, 0.2) is 0 Å². The molecule has 0 N–H and O–H groups in total. The zero-order chi connectivity index (χ0) is 40.9. The van der Waals surface area contributed by atoms with Crippen molar-refractivity contribution in [2.45, 2.75) is 61.2 Å². The van der Waals surface area contributed by atoms with Crippen LogP contribution in [0.2, 0.25) is 0 Å². The summed E-state index contributed by atoms with van der Waals surface area (Å²) in [6, 6.07) is 25.9. The summed E-state index contributed by atoms with van der Waals surface area (Å²) in [6.45, 7) is 8.26. The third-order valence-electron chi connectivity index (χ3n) is 8.25. The summed E-state index contributed by atoms with van der Waals surface area (Å²) in [5.41, 5.74) is 1.84. The first kappa shape index (κ1) is 43.5. The van der Waals surface area contributed by atoms with Gasteiger partial charge >= 0.3 is 23.9 Å². The number of hydrogen-bond donors (Lipinski definition) is 0. The number of carbonyl (C=O) groups excluding carboxylic acids is 4. The van der Waals surface area contributed by atoms with Gasteiger partial charge in [-0.1, -0.05) is 37.4 Å². The van der Waals surface area contributed by atoms with Crippen molar-refractivity contribution in [1.29, 1.82) is 0 Å². The molecule has 0 heterocycles. The Morgan fingerprint density at radius 1 is 0.474 bits per heavy atom. The number of benzene rings is 4. The minimum atomic E-state index is -3.90. The normalized spacial score (nSPS) is 10.8. The molecule has 0 saturated carbocycles. The zero-order valence-corrected chi connectivity index (χ0v) is 32.4. The zero-order valence-electron chi connectivity index (χ0n) is 31.6. The van der Waals surface area contributed by atoms with Crippen molar-refractivity contribution < 1.29 is 56.0 Å². The fourth-order valence-corrected chi connectivity index (χ4v) is 6.38. The molecule has 0 amide bonds. The second kappa shape index (κ2) is 23.0. The summed E-state index contributed by atoms with van der Waals surface area (Å²) in [7, 11) is -3.90. The SMILES string of the molecule is C=CC(=O)OCCCCOc1ccc(CCC(=O)Oc2ccc(S(=O)(=O)c3ccc(OC(=O)CCc4ccc(OCCCCOC(=O)C=C)cc4)cc3)cc2)cc1.